The summed E-state index contributed by atoms with van der Waals surface area (Å²) in [4.78, 5) is 27.1. The quantitative estimate of drug-likeness (QED) is 0.797. The maximum atomic E-state index is 13.6. The highest BCUT2D eigenvalue weighted by atomic mass is 79.9. The van der Waals surface area contributed by atoms with E-state index in [9.17, 15) is 14.0 Å². The zero-order valence-corrected chi connectivity index (χ0v) is 14.6. The molecule has 2 amide bonds. The Balaban J connectivity index is 2.52. The third-order valence-corrected chi connectivity index (χ3v) is 3.63. The summed E-state index contributed by atoms with van der Waals surface area (Å²) < 4.78 is 14.2. The number of likely N-dealkylation sites (N-methyl/N-ethyl adjacent to an activating group) is 2. The van der Waals surface area contributed by atoms with Crippen molar-refractivity contribution in [1.82, 2.24) is 9.80 Å². The SMILES string of the molecule is CCN(CC)C(=O)CN(C)CC(=O)Nc1ccc(Br)cc1F. The average Bonchev–Trinajstić information content (AvgIpc) is 2.43. The number of hydrogen-bond donors (Lipinski definition) is 1. The van der Waals surface area contributed by atoms with Gasteiger partial charge in [-0.15, -0.1) is 0 Å². The standard InChI is InChI=1S/C15H21BrFN3O2/c1-4-20(5-2)15(22)10-19(3)9-14(21)18-13-7-6-11(16)8-12(13)17/h6-8H,4-5,9-10H2,1-3H3,(H,18,21). The fraction of sp³-hybridized carbons (Fsp3) is 0.467. The number of nitrogens with one attached hydrogen (secondary N) is 1. The zero-order valence-electron chi connectivity index (χ0n) is 13.0. The first-order chi connectivity index (χ1) is 10.4. The number of carbonyl (C=O) groups excluding carboxylic acids is 2. The van der Waals surface area contributed by atoms with E-state index < -0.39 is 5.82 Å². The van der Waals surface area contributed by atoms with Crippen LogP contribution in [0.2, 0.25) is 0 Å². The monoisotopic (exact) mass is 373 g/mol. The largest absolute Gasteiger partial charge is 0.342 e. The second kappa shape index (κ2) is 8.85. The van der Waals surface area contributed by atoms with Gasteiger partial charge in [-0.3, -0.25) is 14.5 Å². The van der Waals surface area contributed by atoms with Gasteiger partial charge in [0, 0.05) is 17.6 Å². The van der Waals surface area contributed by atoms with E-state index in [1.54, 1.807) is 22.9 Å². The molecule has 0 aromatic heterocycles. The fourth-order valence-electron chi connectivity index (χ4n) is 1.99. The van der Waals surface area contributed by atoms with Crippen LogP contribution in [0.1, 0.15) is 13.8 Å². The summed E-state index contributed by atoms with van der Waals surface area (Å²) in [5.74, 6) is -0.907. The molecule has 22 heavy (non-hydrogen) atoms. The maximum Gasteiger partial charge on any atom is 0.238 e. The topological polar surface area (TPSA) is 52.7 Å². The number of anilines is 1. The summed E-state index contributed by atoms with van der Waals surface area (Å²) in [6, 6.07) is 4.41. The maximum absolute atomic E-state index is 13.6. The Bertz CT molecular complexity index is 536. The first-order valence-electron chi connectivity index (χ1n) is 7.08. The number of hydrogen-bond acceptors (Lipinski definition) is 3. The summed E-state index contributed by atoms with van der Waals surface area (Å²) in [5, 5.41) is 2.50. The lowest BCUT2D eigenvalue weighted by molar-refractivity contribution is -0.132. The Morgan fingerprint density at radius 2 is 1.86 bits per heavy atom. The van der Waals surface area contributed by atoms with Gasteiger partial charge in [0.05, 0.1) is 18.8 Å². The van der Waals surface area contributed by atoms with Crippen LogP contribution in [0.4, 0.5) is 10.1 Å². The molecule has 0 unspecified atom stereocenters. The molecule has 0 saturated carbocycles. The van der Waals surface area contributed by atoms with E-state index in [4.69, 9.17) is 0 Å². The average molecular weight is 374 g/mol. The lowest BCUT2D eigenvalue weighted by Crippen LogP contribution is -2.41. The highest BCUT2D eigenvalue weighted by Gasteiger charge is 2.15. The van der Waals surface area contributed by atoms with Crippen molar-refractivity contribution in [2.45, 2.75) is 13.8 Å². The second-order valence-electron chi connectivity index (χ2n) is 4.91. The summed E-state index contributed by atoms with van der Waals surface area (Å²) in [5.41, 5.74) is 0.122. The van der Waals surface area contributed by atoms with Crippen LogP contribution in [0.15, 0.2) is 22.7 Å². The predicted molar refractivity (Wildman–Crippen MR) is 88.2 cm³/mol. The van der Waals surface area contributed by atoms with Gasteiger partial charge in [0.25, 0.3) is 0 Å². The van der Waals surface area contributed by atoms with Gasteiger partial charge < -0.3 is 10.2 Å². The molecule has 0 aliphatic rings. The van der Waals surface area contributed by atoms with Gasteiger partial charge in [-0.05, 0) is 39.1 Å². The molecular weight excluding hydrogens is 353 g/mol. The second-order valence-corrected chi connectivity index (χ2v) is 5.83. The van der Waals surface area contributed by atoms with Crippen molar-refractivity contribution in [2.75, 3.05) is 38.5 Å². The van der Waals surface area contributed by atoms with Crippen LogP contribution in [0.3, 0.4) is 0 Å². The highest BCUT2D eigenvalue weighted by Crippen LogP contribution is 2.19. The van der Waals surface area contributed by atoms with Crippen LogP contribution in [-0.4, -0.2) is 54.8 Å². The van der Waals surface area contributed by atoms with E-state index in [1.807, 2.05) is 13.8 Å². The van der Waals surface area contributed by atoms with Crippen molar-refractivity contribution < 1.29 is 14.0 Å². The van der Waals surface area contributed by atoms with E-state index in [0.29, 0.717) is 17.6 Å². The van der Waals surface area contributed by atoms with Crippen LogP contribution >= 0.6 is 15.9 Å². The smallest absolute Gasteiger partial charge is 0.238 e. The van der Waals surface area contributed by atoms with E-state index in [1.165, 1.54) is 12.1 Å². The highest BCUT2D eigenvalue weighted by molar-refractivity contribution is 9.10. The fourth-order valence-corrected chi connectivity index (χ4v) is 2.32. The van der Waals surface area contributed by atoms with E-state index in [0.717, 1.165) is 0 Å². The Kier molecular flexibility index (Phi) is 7.47. The molecule has 1 N–H and O–H groups in total. The summed E-state index contributed by atoms with van der Waals surface area (Å²) >= 11 is 3.15. The number of benzene rings is 1. The summed E-state index contributed by atoms with van der Waals surface area (Å²) in [6.45, 7) is 5.26. The third-order valence-electron chi connectivity index (χ3n) is 3.14. The van der Waals surface area contributed by atoms with Crippen LogP contribution in [0.5, 0.6) is 0 Å². The molecule has 0 fully saturated rings. The Labute approximate surface area is 138 Å². The molecule has 1 aromatic rings. The normalized spacial score (nSPS) is 10.6. The molecule has 122 valence electrons. The van der Waals surface area contributed by atoms with Crippen LogP contribution in [0, 0.1) is 5.82 Å². The van der Waals surface area contributed by atoms with Crippen molar-refractivity contribution in [1.29, 1.82) is 0 Å². The molecule has 5 nitrogen and oxygen atoms in total. The van der Waals surface area contributed by atoms with Crippen LogP contribution in [-0.2, 0) is 9.59 Å². The first-order valence-corrected chi connectivity index (χ1v) is 7.87. The van der Waals surface area contributed by atoms with Gasteiger partial charge >= 0.3 is 0 Å². The molecule has 7 heteroatoms. The number of amides is 2. The number of halogens is 2. The minimum Gasteiger partial charge on any atom is -0.342 e. The molecule has 0 radical (unpaired) electrons. The molecule has 0 spiro atoms. The third kappa shape index (κ3) is 5.73. The number of rotatable bonds is 7. The molecule has 1 aromatic carbocycles. The van der Waals surface area contributed by atoms with Crippen LogP contribution < -0.4 is 5.32 Å². The van der Waals surface area contributed by atoms with Gasteiger partial charge in [0.2, 0.25) is 11.8 Å². The molecule has 0 bridgehead atoms. The number of carbonyl (C=O) groups is 2. The van der Waals surface area contributed by atoms with Crippen molar-refractivity contribution in [2.24, 2.45) is 0 Å². The van der Waals surface area contributed by atoms with E-state index >= 15 is 0 Å². The zero-order chi connectivity index (χ0) is 16.7. The Hall–Kier alpha value is -1.47. The Morgan fingerprint density at radius 3 is 2.41 bits per heavy atom. The molecule has 0 saturated heterocycles. The van der Waals surface area contributed by atoms with E-state index in [-0.39, 0.29) is 30.6 Å². The minimum absolute atomic E-state index is 0.0164. The molecular formula is C15H21BrFN3O2. The van der Waals surface area contributed by atoms with Crippen molar-refractivity contribution >= 4 is 33.4 Å². The number of nitrogens with zero attached hydrogens (tertiary/aromatic N) is 2. The predicted octanol–water partition coefficient (Wildman–Crippen LogP) is 2.33. The minimum atomic E-state index is -0.510. The van der Waals surface area contributed by atoms with Gasteiger partial charge in [-0.2, -0.15) is 0 Å². The summed E-state index contributed by atoms with van der Waals surface area (Å²) in [6.07, 6.45) is 0. The van der Waals surface area contributed by atoms with Gasteiger partial charge in [-0.25, -0.2) is 4.39 Å². The van der Waals surface area contributed by atoms with Gasteiger partial charge in [0.15, 0.2) is 0 Å². The van der Waals surface area contributed by atoms with Crippen molar-refractivity contribution in [3.8, 4) is 0 Å². The van der Waals surface area contributed by atoms with E-state index in [2.05, 4.69) is 21.2 Å². The van der Waals surface area contributed by atoms with Crippen molar-refractivity contribution in [3.63, 3.8) is 0 Å². The first kappa shape index (κ1) is 18.6. The Morgan fingerprint density at radius 1 is 1.23 bits per heavy atom. The molecule has 1 rings (SSSR count). The summed E-state index contributed by atoms with van der Waals surface area (Å²) in [7, 11) is 1.68. The van der Waals surface area contributed by atoms with Gasteiger partial charge in [-0.1, -0.05) is 15.9 Å². The van der Waals surface area contributed by atoms with Crippen LogP contribution in [0.25, 0.3) is 0 Å². The molecule has 0 aliphatic carbocycles. The lowest BCUT2D eigenvalue weighted by Gasteiger charge is -2.22. The molecule has 0 heterocycles. The lowest BCUT2D eigenvalue weighted by atomic mass is 10.3. The molecule has 0 aliphatic heterocycles. The van der Waals surface area contributed by atoms with Crippen molar-refractivity contribution in [3.05, 3.63) is 28.5 Å². The molecule has 0 atom stereocenters. The van der Waals surface area contributed by atoms with Gasteiger partial charge in [0.1, 0.15) is 5.82 Å².